The lowest BCUT2D eigenvalue weighted by molar-refractivity contribution is -0.385. The highest BCUT2D eigenvalue weighted by Gasteiger charge is 2.22. The van der Waals surface area contributed by atoms with Crippen LogP contribution in [0.1, 0.15) is 190 Å². The van der Waals surface area contributed by atoms with E-state index in [1.165, 1.54) is 76.0 Å². The molecule has 0 amide bonds. The van der Waals surface area contributed by atoms with Crippen LogP contribution in [0, 0.1) is 10.1 Å². The lowest BCUT2D eigenvalue weighted by atomic mass is 10.0. The number of rotatable bonds is 38. The second-order valence-corrected chi connectivity index (χ2v) is 18.2. The lowest BCUT2D eigenvalue weighted by Gasteiger charge is -2.12. The number of anilines is 1. The largest absolute Gasteiger partial charge is 0.494 e. The first kappa shape index (κ1) is 62.1. The third kappa shape index (κ3) is 25.5. The van der Waals surface area contributed by atoms with E-state index < -0.39 is 28.8 Å². The number of benzene rings is 4. The summed E-state index contributed by atoms with van der Waals surface area (Å²) in [6.07, 6.45) is 24.2. The van der Waals surface area contributed by atoms with Crippen LogP contribution in [0.5, 0.6) is 11.5 Å². The maximum Gasteiger partial charge on any atom is 0.339 e. The van der Waals surface area contributed by atoms with Crippen molar-refractivity contribution in [2.24, 2.45) is 0 Å². The van der Waals surface area contributed by atoms with Crippen molar-refractivity contribution in [2.45, 2.75) is 148 Å². The minimum Gasteiger partial charge on any atom is -0.494 e. The summed E-state index contributed by atoms with van der Waals surface area (Å²) in [5, 5.41) is 30.2. The zero-order chi connectivity index (χ0) is 54.5. The van der Waals surface area contributed by atoms with Crippen LogP contribution >= 0.6 is 0 Å². The van der Waals surface area contributed by atoms with Crippen LogP contribution in [0.25, 0.3) is 11.1 Å². The number of carbonyl (C=O) groups excluding carboxylic acids is 3. The van der Waals surface area contributed by atoms with Crippen molar-refractivity contribution in [1.82, 2.24) is 0 Å². The second kappa shape index (κ2) is 37.5. The summed E-state index contributed by atoms with van der Waals surface area (Å²) >= 11 is 0. The Labute approximate surface area is 442 Å². The van der Waals surface area contributed by atoms with E-state index >= 15 is 0 Å². The Balaban J connectivity index is 0.000000537. The molecule has 0 aliphatic heterocycles. The Morgan fingerprint density at radius 2 is 1.03 bits per heavy atom. The van der Waals surface area contributed by atoms with Crippen molar-refractivity contribution >= 4 is 41.2 Å². The molecule has 0 aromatic heterocycles. The summed E-state index contributed by atoms with van der Waals surface area (Å²) in [5.74, 6) is -3.19. The van der Waals surface area contributed by atoms with Crippen LogP contribution in [-0.2, 0) is 19.0 Å². The molecular formula is C59H78N2O14. The summed E-state index contributed by atoms with van der Waals surface area (Å²) in [6.45, 7) is 7.58. The number of carboxylic acids is 2. The molecule has 0 fully saturated rings. The molecule has 75 heavy (non-hydrogen) atoms. The molecule has 4 aromatic carbocycles. The molecule has 408 valence electrons. The third-order valence-corrected chi connectivity index (χ3v) is 12.2. The molecule has 4 rings (SSSR count). The molecule has 0 unspecified atom stereocenters. The monoisotopic (exact) mass is 1040 g/mol. The van der Waals surface area contributed by atoms with Gasteiger partial charge in [0.15, 0.2) is 5.75 Å². The highest BCUT2D eigenvalue weighted by Crippen LogP contribution is 2.37. The van der Waals surface area contributed by atoms with Crippen LogP contribution in [-0.4, -0.2) is 78.0 Å². The van der Waals surface area contributed by atoms with Gasteiger partial charge in [-0.2, -0.15) is 0 Å². The average Bonchev–Trinajstić information content (AvgIpc) is 3.41. The van der Waals surface area contributed by atoms with Gasteiger partial charge in [-0.15, -0.1) is 0 Å². The maximum atomic E-state index is 12.6. The van der Waals surface area contributed by atoms with E-state index in [-0.39, 0.29) is 47.3 Å². The number of aromatic carboxylic acids is 2. The molecule has 4 N–H and O–H groups in total. The molecular weight excluding hydrogens is 961 g/mol. The minimum atomic E-state index is -1.35. The van der Waals surface area contributed by atoms with Gasteiger partial charge in [-0.3, -0.25) is 10.1 Å². The zero-order valence-corrected chi connectivity index (χ0v) is 43.8. The fraction of sp³-hybridized carbons (Fsp3) is 0.475. The predicted octanol–water partition coefficient (Wildman–Crippen LogP) is 14.0. The first-order valence-electron chi connectivity index (χ1n) is 26.6. The van der Waals surface area contributed by atoms with Crippen molar-refractivity contribution < 1.29 is 62.8 Å². The summed E-state index contributed by atoms with van der Waals surface area (Å²) in [7, 11) is 0. The van der Waals surface area contributed by atoms with E-state index in [0.29, 0.717) is 48.4 Å². The lowest BCUT2D eigenvalue weighted by Crippen LogP contribution is -2.14. The first-order chi connectivity index (χ1) is 36.4. The number of hydrogen-bond acceptors (Lipinski definition) is 13. The van der Waals surface area contributed by atoms with E-state index in [1.807, 2.05) is 30.3 Å². The highest BCUT2D eigenvalue weighted by molar-refractivity contribution is 6.04. The minimum absolute atomic E-state index is 0.0834. The predicted molar refractivity (Wildman–Crippen MR) is 290 cm³/mol. The fourth-order valence-corrected chi connectivity index (χ4v) is 7.93. The molecule has 16 nitrogen and oxygen atoms in total. The molecule has 0 saturated heterocycles. The summed E-state index contributed by atoms with van der Waals surface area (Å²) < 4.78 is 26.9. The number of nitro groups is 1. The van der Waals surface area contributed by atoms with Gasteiger partial charge in [0.2, 0.25) is 0 Å². The SMILES string of the molecule is C=CC(=O)OCCCCCCCCCCCOc1ccccc1.CCCCCCCCOc1cc(N)c(-c2ccc(C(=O)OCCCCCCCCCOC(=O)c3cc(C(=O)O)ccc3C(=O)O)cc2)cc1[N+](=O)[O-]. The Morgan fingerprint density at radius 1 is 0.547 bits per heavy atom. The van der Waals surface area contributed by atoms with E-state index in [0.717, 1.165) is 101 Å². The molecule has 16 heteroatoms. The van der Waals surface area contributed by atoms with E-state index in [2.05, 4.69) is 13.5 Å². The number of carbonyl (C=O) groups is 5. The van der Waals surface area contributed by atoms with Crippen molar-refractivity contribution in [3.05, 3.63) is 130 Å². The molecule has 0 bridgehead atoms. The number of hydrogen-bond donors (Lipinski definition) is 3. The number of nitro benzene ring substituents is 1. The van der Waals surface area contributed by atoms with Crippen molar-refractivity contribution in [2.75, 3.05) is 38.8 Å². The van der Waals surface area contributed by atoms with E-state index in [1.54, 1.807) is 24.3 Å². The Kier molecular flexibility index (Phi) is 31.0. The van der Waals surface area contributed by atoms with Gasteiger partial charge in [0.1, 0.15) is 5.75 Å². The Hall–Kier alpha value is -7.23. The van der Waals surface area contributed by atoms with Crippen LogP contribution in [0.4, 0.5) is 11.4 Å². The maximum absolute atomic E-state index is 12.6. The number of nitrogens with two attached hydrogens (primary N) is 1. The number of carboxylic acid groups (broad SMARTS) is 2. The van der Waals surface area contributed by atoms with Crippen molar-refractivity contribution in [3.63, 3.8) is 0 Å². The number of nitrogen functional groups attached to an aromatic ring is 1. The molecule has 0 radical (unpaired) electrons. The number of unbranched alkanes of at least 4 members (excludes halogenated alkanes) is 19. The van der Waals surface area contributed by atoms with Gasteiger partial charge in [-0.25, -0.2) is 24.0 Å². The van der Waals surface area contributed by atoms with E-state index in [9.17, 15) is 39.2 Å². The smallest absolute Gasteiger partial charge is 0.339 e. The summed E-state index contributed by atoms with van der Waals surface area (Å²) in [6, 6.07) is 22.6. The van der Waals surface area contributed by atoms with Gasteiger partial charge in [-0.1, -0.05) is 153 Å². The van der Waals surface area contributed by atoms with Crippen LogP contribution in [0.2, 0.25) is 0 Å². The third-order valence-electron chi connectivity index (χ3n) is 12.2. The number of para-hydroxylation sites is 1. The first-order valence-corrected chi connectivity index (χ1v) is 26.6. The van der Waals surface area contributed by atoms with Crippen LogP contribution < -0.4 is 15.2 Å². The molecule has 0 heterocycles. The Morgan fingerprint density at radius 3 is 1.53 bits per heavy atom. The van der Waals surface area contributed by atoms with Crippen molar-refractivity contribution in [1.29, 1.82) is 0 Å². The molecule has 0 atom stereocenters. The molecule has 0 spiro atoms. The molecule has 0 aliphatic carbocycles. The van der Waals surface area contributed by atoms with Gasteiger partial charge >= 0.3 is 35.5 Å². The summed E-state index contributed by atoms with van der Waals surface area (Å²) in [5.41, 5.74) is 7.05. The second-order valence-electron chi connectivity index (χ2n) is 18.2. The van der Waals surface area contributed by atoms with Gasteiger partial charge in [-0.05, 0) is 80.1 Å². The quantitative estimate of drug-likeness (QED) is 0.00719. The molecule has 0 saturated carbocycles. The standard InChI is InChI=1S/C39H48N2O11.C20H30O3/c1-2-3-4-5-9-12-21-50-35-26-33(40)31(25-34(35)41(48)49)27-15-17-28(18-16-27)38(46)51-22-13-10-7-6-8-11-14-23-52-39(47)32-24-29(36(42)43)19-20-30(32)37(44)45;1-2-20(21)23-18-14-9-7-5-3-4-6-8-13-17-22-19-15-11-10-12-16-19/h15-20,24-26H,2-14,21-23,40H2,1H3,(H,42,43)(H,44,45);2,10-12,15-16H,1,3-9,13-14,17-18H2. The number of esters is 3. The van der Waals surface area contributed by atoms with Gasteiger partial charge < -0.3 is 39.6 Å². The van der Waals surface area contributed by atoms with Gasteiger partial charge in [0.05, 0.1) is 60.2 Å². The topological polar surface area (TPSA) is 241 Å². The van der Waals surface area contributed by atoms with Crippen molar-refractivity contribution in [3.8, 4) is 22.6 Å². The molecule has 4 aromatic rings. The average molecular weight is 1040 g/mol. The Bertz CT molecular complexity index is 2350. The molecule has 0 aliphatic rings. The number of nitrogens with zero attached hydrogens (tertiary/aromatic N) is 1. The zero-order valence-electron chi connectivity index (χ0n) is 43.8. The highest BCUT2D eigenvalue weighted by atomic mass is 16.6. The van der Waals surface area contributed by atoms with Gasteiger partial charge in [0, 0.05) is 29.5 Å². The van der Waals surface area contributed by atoms with Gasteiger partial charge in [0.25, 0.3) is 0 Å². The fourth-order valence-electron chi connectivity index (χ4n) is 7.93. The van der Waals surface area contributed by atoms with Crippen LogP contribution in [0.3, 0.4) is 0 Å². The summed E-state index contributed by atoms with van der Waals surface area (Å²) in [4.78, 5) is 69.6. The normalized spacial score (nSPS) is 10.6. The number of ether oxygens (including phenoxy) is 5. The van der Waals surface area contributed by atoms with E-state index in [4.69, 9.17) is 34.5 Å². The van der Waals surface area contributed by atoms with Crippen LogP contribution in [0.15, 0.2) is 97.6 Å².